The van der Waals surface area contributed by atoms with Crippen molar-refractivity contribution in [1.29, 1.82) is 0 Å². The van der Waals surface area contributed by atoms with Gasteiger partial charge in [0.1, 0.15) is 0 Å². The molecule has 1 amide bonds. The smallest absolute Gasteiger partial charge is 0.227 e. The van der Waals surface area contributed by atoms with E-state index < -0.39 is 5.41 Å². The minimum Gasteiger partial charge on any atom is -0.359 e. The minimum atomic E-state index is -0.501. The van der Waals surface area contributed by atoms with Crippen LogP contribution in [-0.4, -0.2) is 39.1 Å². The van der Waals surface area contributed by atoms with Gasteiger partial charge in [0.05, 0.1) is 5.41 Å². The lowest BCUT2D eigenvalue weighted by atomic mass is 9.92. The monoisotopic (exact) mass is 324 g/mol. The molecule has 6 heteroatoms. The first-order chi connectivity index (χ1) is 10.4. The summed E-state index contributed by atoms with van der Waals surface area (Å²) in [6, 6.07) is 7.79. The van der Waals surface area contributed by atoms with Gasteiger partial charge in [0.25, 0.3) is 0 Å². The van der Waals surface area contributed by atoms with Gasteiger partial charge in [-0.05, 0) is 38.0 Å². The summed E-state index contributed by atoms with van der Waals surface area (Å²) >= 11 is 5.96. The van der Waals surface area contributed by atoms with Crippen molar-refractivity contribution in [2.75, 3.05) is 27.2 Å². The number of hydrogen-bond donors (Lipinski definition) is 3. The van der Waals surface area contributed by atoms with E-state index in [-0.39, 0.29) is 5.91 Å². The molecule has 0 aliphatic heterocycles. The first-order valence-corrected chi connectivity index (χ1v) is 7.68. The molecule has 0 saturated carbocycles. The van der Waals surface area contributed by atoms with E-state index in [9.17, 15) is 4.79 Å². The SMILES string of the molecule is CN=C(NCCc1cccc(Cl)c1)NCC(C)(C)C(=O)NC. The molecule has 5 nitrogen and oxygen atoms in total. The van der Waals surface area contributed by atoms with Gasteiger partial charge in [0, 0.05) is 32.2 Å². The van der Waals surface area contributed by atoms with Gasteiger partial charge in [-0.1, -0.05) is 23.7 Å². The van der Waals surface area contributed by atoms with Crippen LogP contribution < -0.4 is 16.0 Å². The predicted octanol–water partition coefficient (Wildman–Crippen LogP) is 1.82. The summed E-state index contributed by atoms with van der Waals surface area (Å²) in [5.74, 6) is 0.674. The number of carbonyl (C=O) groups is 1. The van der Waals surface area contributed by atoms with Crippen molar-refractivity contribution < 1.29 is 4.79 Å². The van der Waals surface area contributed by atoms with Gasteiger partial charge in [-0.25, -0.2) is 0 Å². The highest BCUT2D eigenvalue weighted by atomic mass is 35.5. The lowest BCUT2D eigenvalue weighted by Crippen LogP contribution is -2.47. The molecule has 3 N–H and O–H groups in total. The second-order valence-electron chi connectivity index (χ2n) is 5.70. The highest BCUT2D eigenvalue weighted by Gasteiger charge is 2.26. The quantitative estimate of drug-likeness (QED) is 0.552. The van der Waals surface area contributed by atoms with Gasteiger partial charge < -0.3 is 16.0 Å². The molecule has 1 aromatic rings. The van der Waals surface area contributed by atoms with Crippen molar-refractivity contribution in [3.8, 4) is 0 Å². The zero-order valence-corrected chi connectivity index (χ0v) is 14.4. The van der Waals surface area contributed by atoms with Gasteiger partial charge >= 0.3 is 0 Å². The molecule has 0 atom stereocenters. The standard InChI is InChI=1S/C16H25ClN4O/c1-16(2,14(22)18-3)11-21-15(19-4)20-9-8-12-6-5-7-13(17)10-12/h5-7,10H,8-9,11H2,1-4H3,(H,18,22)(H2,19,20,21). The topological polar surface area (TPSA) is 65.5 Å². The van der Waals surface area contributed by atoms with E-state index in [1.165, 1.54) is 5.56 Å². The Bertz CT molecular complexity index is 529. The van der Waals surface area contributed by atoms with Gasteiger partial charge in [-0.15, -0.1) is 0 Å². The Morgan fingerprint density at radius 1 is 1.32 bits per heavy atom. The molecule has 0 saturated heterocycles. The fourth-order valence-corrected chi connectivity index (χ4v) is 2.17. The van der Waals surface area contributed by atoms with E-state index in [1.54, 1.807) is 14.1 Å². The largest absolute Gasteiger partial charge is 0.359 e. The highest BCUT2D eigenvalue weighted by Crippen LogP contribution is 2.13. The van der Waals surface area contributed by atoms with Crippen LogP contribution in [0.15, 0.2) is 29.3 Å². The Hall–Kier alpha value is -1.75. The third-order valence-electron chi connectivity index (χ3n) is 3.36. The van der Waals surface area contributed by atoms with Crippen LogP contribution in [0.4, 0.5) is 0 Å². The number of guanidine groups is 1. The number of nitrogens with zero attached hydrogens (tertiary/aromatic N) is 1. The van der Waals surface area contributed by atoms with E-state index in [0.717, 1.165) is 18.0 Å². The molecule has 0 spiro atoms. The first kappa shape index (κ1) is 18.3. The number of benzene rings is 1. The zero-order chi connectivity index (χ0) is 16.6. The minimum absolute atomic E-state index is 0.00520. The van der Waals surface area contributed by atoms with Gasteiger partial charge in [-0.3, -0.25) is 9.79 Å². The number of aliphatic imine (C=N–C) groups is 1. The summed E-state index contributed by atoms with van der Waals surface area (Å²) in [4.78, 5) is 15.9. The van der Waals surface area contributed by atoms with Crippen LogP contribution in [0.3, 0.4) is 0 Å². The Balaban J connectivity index is 2.42. The van der Waals surface area contributed by atoms with Crippen LogP contribution in [-0.2, 0) is 11.2 Å². The lowest BCUT2D eigenvalue weighted by Gasteiger charge is -2.24. The number of halogens is 1. The van der Waals surface area contributed by atoms with Crippen molar-refractivity contribution in [2.24, 2.45) is 10.4 Å². The molecule has 0 heterocycles. The molecule has 1 aromatic carbocycles. The molecular weight excluding hydrogens is 300 g/mol. The average molecular weight is 325 g/mol. The Morgan fingerprint density at radius 2 is 2.05 bits per heavy atom. The summed E-state index contributed by atoms with van der Waals surface area (Å²) in [6.07, 6.45) is 0.847. The molecular formula is C16H25ClN4O. The summed E-state index contributed by atoms with van der Waals surface area (Å²) in [5, 5.41) is 9.81. The van der Waals surface area contributed by atoms with Crippen LogP contribution in [0.25, 0.3) is 0 Å². The van der Waals surface area contributed by atoms with E-state index in [1.807, 2.05) is 38.1 Å². The third-order valence-corrected chi connectivity index (χ3v) is 3.59. The highest BCUT2D eigenvalue weighted by molar-refractivity contribution is 6.30. The van der Waals surface area contributed by atoms with Crippen molar-refractivity contribution in [3.05, 3.63) is 34.9 Å². The van der Waals surface area contributed by atoms with Crippen molar-refractivity contribution in [2.45, 2.75) is 20.3 Å². The van der Waals surface area contributed by atoms with Crippen LogP contribution in [0.5, 0.6) is 0 Å². The van der Waals surface area contributed by atoms with E-state index in [2.05, 4.69) is 20.9 Å². The van der Waals surface area contributed by atoms with Crippen molar-refractivity contribution in [1.82, 2.24) is 16.0 Å². The van der Waals surface area contributed by atoms with Crippen LogP contribution in [0, 0.1) is 5.41 Å². The summed E-state index contributed by atoms with van der Waals surface area (Å²) in [7, 11) is 3.35. The molecule has 0 fully saturated rings. The second kappa shape index (κ2) is 8.63. The third kappa shape index (κ3) is 5.93. The Kier molecular flexibility index (Phi) is 7.18. The summed E-state index contributed by atoms with van der Waals surface area (Å²) in [5.41, 5.74) is 0.667. The summed E-state index contributed by atoms with van der Waals surface area (Å²) < 4.78 is 0. The van der Waals surface area contributed by atoms with Gasteiger partial charge in [0.2, 0.25) is 5.91 Å². The summed E-state index contributed by atoms with van der Waals surface area (Å²) in [6.45, 7) is 5.01. The van der Waals surface area contributed by atoms with E-state index >= 15 is 0 Å². The molecule has 0 bridgehead atoms. The maximum absolute atomic E-state index is 11.7. The normalized spacial score (nSPS) is 12.0. The number of carbonyl (C=O) groups excluding carboxylic acids is 1. The van der Waals surface area contributed by atoms with Crippen LogP contribution in [0.1, 0.15) is 19.4 Å². The van der Waals surface area contributed by atoms with Gasteiger partial charge in [0.15, 0.2) is 5.96 Å². The molecule has 122 valence electrons. The molecule has 0 unspecified atom stereocenters. The second-order valence-corrected chi connectivity index (χ2v) is 6.13. The molecule has 1 rings (SSSR count). The average Bonchev–Trinajstić information content (AvgIpc) is 2.49. The van der Waals surface area contributed by atoms with Crippen LogP contribution in [0.2, 0.25) is 5.02 Å². The van der Waals surface area contributed by atoms with Crippen molar-refractivity contribution >= 4 is 23.5 Å². The Labute approximate surface area is 137 Å². The van der Waals surface area contributed by atoms with E-state index in [4.69, 9.17) is 11.6 Å². The number of nitrogens with one attached hydrogen (secondary N) is 3. The maximum atomic E-state index is 11.7. The molecule has 0 aliphatic rings. The number of rotatable bonds is 6. The van der Waals surface area contributed by atoms with Crippen molar-refractivity contribution in [3.63, 3.8) is 0 Å². The maximum Gasteiger partial charge on any atom is 0.227 e. The molecule has 0 radical (unpaired) electrons. The fraction of sp³-hybridized carbons (Fsp3) is 0.500. The fourth-order valence-electron chi connectivity index (χ4n) is 1.96. The Morgan fingerprint density at radius 3 is 2.64 bits per heavy atom. The van der Waals surface area contributed by atoms with Crippen LogP contribution >= 0.6 is 11.6 Å². The number of hydrogen-bond acceptors (Lipinski definition) is 2. The van der Waals surface area contributed by atoms with Gasteiger partial charge in [-0.2, -0.15) is 0 Å². The molecule has 0 aromatic heterocycles. The number of amides is 1. The molecule has 0 aliphatic carbocycles. The lowest BCUT2D eigenvalue weighted by molar-refractivity contribution is -0.128. The molecule has 22 heavy (non-hydrogen) atoms. The first-order valence-electron chi connectivity index (χ1n) is 7.30. The van der Waals surface area contributed by atoms with E-state index in [0.29, 0.717) is 12.5 Å². The predicted molar refractivity (Wildman–Crippen MR) is 92.4 cm³/mol. The zero-order valence-electron chi connectivity index (χ0n) is 13.7.